The first-order valence-electron chi connectivity index (χ1n) is 8.77. The fourth-order valence-electron chi connectivity index (χ4n) is 2.83. The third-order valence-corrected chi connectivity index (χ3v) is 4.28. The van der Waals surface area contributed by atoms with Gasteiger partial charge in [-0.05, 0) is 36.2 Å². The molecule has 152 valence electrons. The topological polar surface area (TPSA) is 75.0 Å². The van der Waals surface area contributed by atoms with Crippen LogP contribution in [0.15, 0.2) is 51.7 Å². The van der Waals surface area contributed by atoms with E-state index in [1.54, 1.807) is 12.1 Å². The van der Waals surface area contributed by atoms with Crippen LogP contribution >= 0.6 is 0 Å². The molecule has 6 nitrogen and oxygen atoms in total. The van der Waals surface area contributed by atoms with Gasteiger partial charge in [-0.1, -0.05) is 19.1 Å². The third-order valence-electron chi connectivity index (χ3n) is 4.28. The highest BCUT2D eigenvalue weighted by Gasteiger charge is 2.16. The minimum absolute atomic E-state index is 0.0300. The Morgan fingerprint density at radius 2 is 1.90 bits per heavy atom. The molecular formula is C21H18F2O6. The van der Waals surface area contributed by atoms with Crippen LogP contribution in [0, 0.1) is 0 Å². The maximum atomic E-state index is 12.4. The first-order chi connectivity index (χ1) is 13.9. The van der Waals surface area contributed by atoms with Gasteiger partial charge in [0.05, 0.1) is 12.7 Å². The molecule has 1 heterocycles. The van der Waals surface area contributed by atoms with Crippen molar-refractivity contribution >= 4 is 16.9 Å². The number of carbonyl (C=O) groups is 1. The Kier molecular flexibility index (Phi) is 6.11. The number of methoxy groups -OCH3 is 1. The van der Waals surface area contributed by atoms with Gasteiger partial charge in [-0.25, -0.2) is 9.59 Å². The highest BCUT2D eigenvalue weighted by Crippen LogP contribution is 2.30. The molecular weight excluding hydrogens is 386 g/mol. The van der Waals surface area contributed by atoms with Gasteiger partial charge in [0.15, 0.2) is 11.5 Å². The van der Waals surface area contributed by atoms with Crippen molar-refractivity contribution in [3.63, 3.8) is 0 Å². The first-order valence-corrected chi connectivity index (χ1v) is 8.77. The number of rotatable bonds is 7. The molecule has 3 aromatic rings. The number of esters is 1. The van der Waals surface area contributed by atoms with Crippen LogP contribution in [0.3, 0.4) is 0 Å². The van der Waals surface area contributed by atoms with Crippen molar-refractivity contribution in [2.24, 2.45) is 0 Å². The van der Waals surface area contributed by atoms with E-state index in [1.807, 2.05) is 13.0 Å². The minimum Gasteiger partial charge on any atom is -0.493 e. The molecule has 0 saturated carbocycles. The lowest BCUT2D eigenvalue weighted by molar-refractivity contribution is -0.0512. The van der Waals surface area contributed by atoms with Crippen LogP contribution < -0.4 is 15.1 Å². The maximum Gasteiger partial charge on any atom is 0.387 e. The van der Waals surface area contributed by atoms with Crippen LogP contribution in [-0.4, -0.2) is 19.7 Å². The number of alkyl halides is 2. The molecule has 0 fully saturated rings. The molecule has 2 aromatic carbocycles. The summed E-state index contributed by atoms with van der Waals surface area (Å²) >= 11 is 0. The summed E-state index contributed by atoms with van der Waals surface area (Å²) in [6, 6.07) is 10.5. The average molecular weight is 404 g/mol. The summed E-state index contributed by atoms with van der Waals surface area (Å²) in [6.45, 7) is -1.20. The number of fused-ring (bicyclic) bond motifs is 1. The van der Waals surface area contributed by atoms with Crippen LogP contribution in [0.5, 0.6) is 11.5 Å². The second-order valence-corrected chi connectivity index (χ2v) is 6.10. The number of hydrogen-bond acceptors (Lipinski definition) is 6. The average Bonchev–Trinajstić information content (AvgIpc) is 2.70. The monoisotopic (exact) mass is 404 g/mol. The number of halogens is 2. The minimum atomic E-state index is -3.02. The normalized spacial score (nSPS) is 10.9. The highest BCUT2D eigenvalue weighted by atomic mass is 19.3. The van der Waals surface area contributed by atoms with Gasteiger partial charge in [-0.3, -0.25) is 0 Å². The molecule has 0 radical (unpaired) electrons. The SMILES string of the molecule is CCc1ccc2c(COC(=O)c3ccc(OC(F)F)c(OC)c3)cc(=O)oc2c1. The summed E-state index contributed by atoms with van der Waals surface area (Å²) in [5.41, 5.74) is 1.46. The predicted octanol–water partition coefficient (Wildman–Crippen LogP) is 4.32. The van der Waals surface area contributed by atoms with Crippen LogP contribution in [0.1, 0.15) is 28.4 Å². The lowest BCUT2D eigenvalue weighted by Crippen LogP contribution is -2.09. The Morgan fingerprint density at radius 1 is 1.10 bits per heavy atom. The summed E-state index contributed by atoms with van der Waals surface area (Å²) < 4.78 is 44.6. The van der Waals surface area contributed by atoms with E-state index in [2.05, 4.69) is 4.74 Å². The molecule has 0 aliphatic carbocycles. The largest absolute Gasteiger partial charge is 0.493 e. The van der Waals surface area contributed by atoms with Crippen molar-refractivity contribution in [2.45, 2.75) is 26.6 Å². The van der Waals surface area contributed by atoms with E-state index < -0.39 is 18.2 Å². The zero-order valence-corrected chi connectivity index (χ0v) is 15.7. The summed E-state index contributed by atoms with van der Waals surface area (Å²) in [6.07, 6.45) is 0.784. The van der Waals surface area contributed by atoms with Crippen LogP contribution in [0.2, 0.25) is 0 Å². The second kappa shape index (κ2) is 8.72. The van der Waals surface area contributed by atoms with Gasteiger partial charge in [-0.2, -0.15) is 8.78 Å². The van der Waals surface area contributed by atoms with Crippen LogP contribution in [0.4, 0.5) is 8.78 Å². The molecule has 0 bridgehead atoms. The fraction of sp³-hybridized carbons (Fsp3) is 0.238. The van der Waals surface area contributed by atoms with E-state index in [0.717, 1.165) is 12.0 Å². The molecule has 8 heteroatoms. The van der Waals surface area contributed by atoms with Crippen molar-refractivity contribution in [1.29, 1.82) is 0 Å². The molecule has 0 amide bonds. The third kappa shape index (κ3) is 4.71. The molecule has 29 heavy (non-hydrogen) atoms. The Balaban J connectivity index is 1.81. The zero-order valence-electron chi connectivity index (χ0n) is 15.7. The van der Waals surface area contributed by atoms with E-state index in [0.29, 0.717) is 16.5 Å². The molecule has 0 N–H and O–H groups in total. The molecule has 1 aromatic heterocycles. The standard InChI is InChI=1S/C21H18F2O6/c1-3-12-4-6-15-14(10-19(24)28-17(15)8-12)11-27-20(25)13-5-7-16(29-21(22)23)18(9-13)26-2/h4-10,21H,3,11H2,1-2H3. The van der Waals surface area contributed by atoms with Gasteiger partial charge in [0.25, 0.3) is 0 Å². The van der Waals surface area contributed by atoms with E-state index in [9.17, 15) is 18.4 Å². The number of hydrogen-bond donors (Lipinski definition) is 0. The number of ether oxygens (including phenoxy) is 3. The number of carbonyl (C=O) groups excluding carboxylic acids is 1. The lowest BCUT2D eigenvalue weighted by atomic mass is 10.1. The second-order valence-electron chi connectivity index (χ2n) is 6.10. The highest BCUT2D eigenvalue weighted by molar-refractivity contribution is 5.90. The van der Waals surface area contributed by atoms with Gasteiger partial charge >= 0.3 is 18.2 Å². The van der Waals surface area contributed by atoms with Crippen molar-refractivity contribution in [1.82, 2.24) is 0 Å². The van der Waals surface area contributed by atoms with Crippen LogP contribution in [-0.2, 0) is 17.8 Å². The van der Waals surface area contributed by atoms with Gasteiger partial charge < -0.3 is 18.6 Å². The quantitative estimate of drug-likeness (QED) is 0.431. The summed E-state index contributed by atoms with van der Waals surface area (Å²) in [5, 5.41) is 0.660. The Morgan fingerprint density at radius 3 is 2.59 bits per heavy atom. The van der Waals surface area contributed by atoms with Crippen molar-refractivity contribution in [2.75, 3.05) is 7.11 Å². The Bertz CT molecular complexity index is 1090. The predicted molar refractivity (Wildman–Crippen MR) is 101 cm³/mol. The van der Waals surface area contributed by atoms with Crippen molar-refractivity contribution in [3.8, 4) is 11.5 Å². The summed E-state index contributed by atoms with van der Waals surface area (Å²) in [5.74, 6) is -0.937. The summed E-state index contributed by atoms with van der Waals surface area (Å²) in [7, 11) is 1.27. The molecule has 0 saturated heterocycles. The molecule has 0 unspecified atom stereocenters. The van der Waals surface area contributed by atoms with E-state index in [1.165, 1.54) is 31.4 Å². The lowest BCUT2D eigenvalue weighted by Gasteiger charge is -2.12. The maximum absolute atomic E-state index is 12.4. The van der Waals surface area contributed by atoms with E-state index in [4.69, 9.17) is 13.9 Å². The fourth-order valence-corrected chi connectivity index (χ4v) is 2.83. The van der Waals surface area contributed by atoms with Crippen molar-refractivity contribution < 1.29 is 32.2 Å². The smallest absolute Gasteiger partial charge is 0.387 e. The number of benzene rings is 2. The molecule has 0 aliphatic rings. The van der Waals surface area contributed by atoms with Gasteiger partial charge in [-0.15, -0.1) is 0 Å². The Labute approximate surface area is 164 Å². The van der Waals surface area contributed by atoms with Crippen molar-refractivity contribution in [3.05, 3.63) is 69.6 Å². The summed E-state index contributed by atoms with van der Waals surface area (Å²) in [4.78, 5) is 24.2. The van der Waals surface area contributed by atoms with Crippen LogP contribution in [0.25, 0.3) is 11.0 Å². The number of aryl methyl sites for hydroxylation is 1. The Hall–Kier alpha value is -3.42. The van der Waals surface area contributed by atoms with E-state index in [-0.39, 0.29) is 23.7 Å². The zero-order chi connectivity index (χ0) is 21.0. The molecule has 0 atom stereocenters. The van der Waals surface area contributed by atoms with Gasteiger partial charge in [0, 0.05) is 17.0 Å². The van der Waals surface area contributed by atoms with E-state index >= 15 is 0 Å². The molecule has 3 rings (SSSR count). The molecule has 0 aliphatic heterocycles. The van der Waals surface area contributed by atoms with Gasteiger partial charge in [0.2, 0.25) is 0 Å². The molecule has 0 spiro atoms. The van der Waals surface area contributed by atoms with Gasteiger partial charge in [0.1, 0.15) is 12.2 Å². The first kappa shape index (κ1) is 20.3.